The molecule has 2 N–H and O–H groups in total. The van der Waals surface area contributed by atoms with Gasteiger partial charge in [-0.2, -0.15) is 0 Å². The first-order valence-corrected chi connectivity index (χ1v) is 9.56. The number of phenolic OH excluding ortho intramolecular Hbond substituents is 1. The monoisotopic (exact) mass is 342 g/mol. The van der Waals surface area contributed by atoms with Crippen LogP contribution >= 0.6 is 0 Å². The van der Waals surface area contributed by atoms with Crippen molar-refractivity contribution in [3.63, 3.8) is 0 Å². The van der Waals surface area contributed by atoms with Crippen LogP contribution in [-0.4, -0.2) is 21.0 Å². The van der Waals surface area contributed by atoms with Gasteiger partial charge in [0, 0.05) is 17.1 Å². The predicted octanol–water partition coefficient (Wildman–Crippen LogP) is 6.04. The number of oxime groups is 1. The van der Waals surface area contributed by atoms with E-state index < -0.39 is 0 Å². The molecule has 0 fully saturated rings. The van der Waals surface area contributed by atoms with Crippen molar-refractivity contribution < 1.29 is 10.3 Å². The summed E-state index contributed by atoms with van der Waals surface area (Å²) >= 11 is 0. The summed E-state index contributed by atoms with van der Waals surface area (Å²) in [5.41, 5.74) is 2.07. The molecule has 0 amide bonds. The number of aromatic hydroxyl groups is 1. The van der Waals surface area contributed by atoms with Crippen molar-refractivity contribution in [1.82, 2.24) is 4.98 Å². The van der Waals surface area contributed by atoms with Crippen molar-refractivity contribution in [2.75, 3.05) is 0 Å². The summed E-state index contributed by atoms with van der Waals surface area (Å²) < 4.78 is 0. The second-order valence-electron chi connectivity index (χ2n) is 6.66. The Morgan fingerprint density at radius 2 is 1.64 bits per heavy atom. The van der Waals surface area contributed by atoms with Crippen LogP contribution in [0.1, 0.15) is 76.7 Å². The Bertz CT molecular complexity index is 683. The lowest BCUT2D eigenvalue weighted by Gasteiger charge is -2.09. The Morgan fingerprint density at radius 1 is 0.960 bits per heavy atom. The van der Waals surface area contributed by atoms with Crippen molar-refractivity contribution in [2.45, 2.75) is 71.1 Å². The molecule has 4 nitrogen and oxygen atoms in total. The fourth-order valence-electron chi connectivity index (χ4n) is 3.25. The Morgan fingerprint density at radius 3 is 2.32 bits per heavy atom. The molecule has 0 atom stereocenters. The highest BCUT2D eigenvalue weighted by molar-refractivity contribution is 6.10. The summed E-state index contributed by atoms with van der Waals surface area (Å²) in [6, 6.07) is 7.16. The van der Waals surface area contributed by atoms with E-state index in [0.717, 1.165) is 30.2 Å². The largest absolute Gasteiger partial charge is 0.506 e. The number of nitrogens with zero attached hydrogens (tertiary/aromatic N) is 2. The van der Waals surface area contributed by atoms with Crippen molar-refractivity contribution in [2.24, 2.45) is 5.16 Å². The van der Waals surface area contributed by atoms with Crippen LogP contribution in [-0.2, 0) is 0 Å². The first-order chi connectivity index (χ1) is 12.3. The van der Waals surface area contributed by atoms with Gasteiger partial charge in [-0.15, -0.1) is 0 Å². The van der Waals surface area contributed by atoms with Gasteiger partial charge in [-0.25, -0.2) is 0 Å². The zero-order valence-electron chi connectivity index (χ0n) is 15.2. The van der Waals surface area contributed by atoms with Gasteiger partial charge >= 0.3 is 0 Å². The molecule has 0 aliphatic rings. The minimum Gasteiger partial charge on any atom is -0.506 e. The maximum absolute atomic E-state index is 9.94. The first-order valence-electron chi connectivity index (χ1n) is 9.56. The Hall–Kier alpha value is -2.10. The number of hydrogen-bond acceptors (Lipinski definition) is 4. The first kappa shape index (κ1) is 19.2. The zero-order chi connectivity index (χ0) is 17.9. The molecule has 0 unspecified atom stereocenters. The summed E-state index contributed by atoms with van der Waals surface area (Å²) in [5.74, 6) is 0.153. The van der Waals surface area contributed by atoms with Crippen LogP contribution in [0, 0.1) is 0 Å². The van der Waals surface area contributed by atoms with Gasteiger partial charge in [-0.3, -0.25) is 4.98 Å². The average Bonchev–Trinajstić information content (AvgIpc) is 2.65. The van der Waals surface area contributed by atoms with Crippen LogP contribution in [0.5, 0.6) is 5.75 Å². The lowest BCUT2D eigenvalue weighted by molar-refractivity contribution is 0.317. The van der Waals surface area contributed by atoms with Crippen LogP contribution in [0.15, 0.2) is 35.6 Å². The molecule has 0 saturated heterocycles. The second-order valence-corrected chi connectivity index (χ2v) is 6.66. The van der Waals surface area contributed by atoms with Gasteiger partial charge in [0.2, 0.25) is 0 Å². The van der Waals surface area contributed by atoms with E-state index in [1.165, 1.54) is 44.9 Å². The SMILES string of the molecule is CCCCCCCCCCC/C(=N/O)c1ccc(O)c2ncccc12. The van der Waals surface area contributed by atoms with Crippen molar-refractivity contribution in [3.8, 4) is 5.75 Å². The van der Waals surface area contributed by atoms with Crippen LogP contribution < -0.4 is 0 Å². The molecule has 0 saturated carbocycles. The van der Waals surface area contributed by atoms with E-state index in [4.69, 9.17) is 0 Å². The summed E-state index contributed by atoms with van der Waals surface area (Å²) in [7, 11) is 0. The van der Waals surface area contributed by atoms with Gasteiger partial charge in [0.15, 0.2) is 0 Å². The molecule has 1 heterocycles. The van der Waals surface area contributed by atoms with Crippen molar-refractivity contribution >= 4 is 16.6 Å². The van der Waals surface area contributed by atoms with E-state index in [1.54, 1.807) is 12.3 Å². The number of phenols is 1. The molecule has 0 aliphatic carbocycles. The number of hydrogen-bond donors (Lipinski definition) is 2. The average molecular weight is 342 g/mol. The Balaban J connectivity index is 1.83. The second kappa shape index (κ2) is 10.7. The van der Waals surface area contributed by atoms with Crippen LogP contribution in [0.2, 0.25) is 0 Å². The number of pyridine rings is 1. The molecule has 1 aromatic carbocycles. The molecule has 0 aliphatic heterocycles. The third-order valence-electron chi connectivity index (χ3n) is 4.70. The molecule has 0 bridgehead atoms. The van der Waals surface area contributed by atoms with Crippen LogP contribution in [0.4, 0.5) is 0 Å². The minimum absolute atomic E-state index is 0.153. The summed E-state index contributed by atoms with van der Waals surface area (Å²) in [6.07, 6.45) is 13.8. The van der Waals surface area contributed by atoms with E-state index in [1.807, 2.05) is 18.2 Å². The summed E-state index contributed by atoms with van der Waals surface area (Å²) in [5, 5.41) is 23.7. The van der Waals surface area contributed by atoms with E-state index in [0.29, 0.717) is 11.2 Å². The lowest BCUT2D eigenvalue weighted by atomic mass is 9.98. The molecule has 1 aromatic heterocycles. The normalized spacial score (nSPS) is 12.0. The summed E-state index contributed by atoms with van der Waals surface area (Å²) in [4.78, 5) is 4.22. The van der Waals surface area contributed by atoms with Crippen molar-refractivity contribution in [3.05, 3.63) is 36.0 Å². The fraction of sp³-hybridized carbons (Fsp3) is 0.524. The third kappa shape index (κ3) is 5.73. The van der Waals surface area contributed by atoms with Crippen molar-refractivity contribution in [1.29, 1.82) is 0 Å². The number of fused-ring (bicyclic) bond motifs is 1. The Labute approximate surface area is 150 Å². The van der Waals surface area contributed by atoms with Gasteiger partial charge < -0.3 is 10.3 Å². The van der Waals surface area contributed by atoms with Gasteiger partial charge in [0.05, 0.1) is 5.71 Å². The summed E-state index contributed by atoms with van der Waals surface area (Å²) in [6.45, 7) is 2.24. The molecule has 136 valence electrons. The number of benzene rings is 1. The number of rotatable bonds is 11. The quantitative estimate of drug-likeness (QED) is 0.226. The van der Waals surface area contributed by atoms with E-state index in [9.17, 15) is 10.3 Å². The van der Waals surface area contributed by atoms with Gasteiger partial charge in [-0.05, 0) is 31.0 Å². The smallest absolute Gasteiger partial charge is 0.141 e. The highest BCUT2D eigenvalue weighted by Gasteiger charge is 2.11. The minimum atomic E-state index is 0.153. The van der Waals surface area contributed by atoms with E-state index in [-0.39, 0.29) is 5.75 Å². The Kier molecular flexibility index (Phi) is 8.23. The van der Waals surface area contributed by atoms with Gasteiger partial charge in [-0.1, -0.05) is 69.5 Å². The van der Waals surface area contributed by atoms with Gasteiger partial charge in [0.25, 0.3) is 0 Å². The molecule has 2 aromatic rings. The molecule has 0 spiro atoms. The maximum atomic E-state index is 9.94. The topological polar surface area (TPSA) is 65.7 Å². The molecular weight excluding hydrogens is 312 g/mol. The molecule has 25 heavy (non-hydrogen) atoms. The predicted molar refractivity (Wildman–Crippen MR) is 104 cm³/mol. The number of aromatic nitrogens is 1. The highest BCUT2D eigenvalue weighted by atomic mass is 16.4. The zero-order valence-corrected chi connectivity index (χ0v) is 15.2. The number of unbranched alkanes of at least 4 members (excludes halogenated alkanes) is 8. The highest BCUT2D eigenvalue weighted by Crippen LogP contribution is 2.27. The van der Waals surface area contributed by atoms with Crippen LogP contribution in [0.25, 0.3) is 10.9 Å². The van der Waals surface area contributed by atoms with Gasteiger partial charge in [0.1, 0.15) is 11.3 Å². The fourth-order valence-corrected chi connectivity index (χ4v) is 3.25. The van der Waals surface area contributed by atoms with E-state index in [2.05, 4.69) is 17.1 Å². The molecule has 4 heteroatoms. The lowest BCUT2D eigenvalue weighted by Crippen LogP contribution is -2.02. The van der Waals surface area contributed by atoms with E-state index >= 15 is 0 Å². The third-order valence-corrected chi connectivity index (χ3v) is 4.70. The maximum Gasteiger partial charge on any atom is 0.141 e. The van der Waals surface area contributed by atoms with Crippen LogP contribution in [0.3, 0.4) is 0 Å². The molecule has 0 radical (unpaired) electrons. The molecule has 2 rings (SSSR count). The molecular formula is C21H30N2O2. The standard InChI is InChI=1S/C21H30N2O2/c1-2-3-4-5-6-7-8-9-10-13-19(23-25)17-14-15-20(24)21-18(17)12-11-16-22-21/h11-12,14-16,24-25H,2-10,13H2,1H3/b23-19-.